The molecular formula is C14H18N2O4S. The van der Waals surface area contributed by atoms with Crippen molar-refractivity contribution >= 4 is 16.1 Å². The second-order valence-electron chi connectivity index (χ2n) is 5.65. The molecule has 0 atom stereocenters. The van der Waals surface area contributed by atoms with E-state index in [-0.39, 0.29) is 0 Å². The Bertz CT molecular complexity index is 663. The van der Waals surface area contributed by atoms with Crippen molar-refractivity contribution in [2.75, 3.05) is 19.6 Å². The first-order valence-electron chi connectivity index (χ1n) is 6.95. The maximum absolute atomic E-state index is 12.6. The second-order valence-corrected chi connectivity index (χ2v) is 7.58. The SMILES string of the molecule is Cc1cccc(S(=O)(=O)N2CCC3(CC2)CNC(=O)O3)c1. The molecule has 1 N–H and O–H groups in total. The Balaban J connectivity index is 1.76. The van der Waals surface area contributed by atoms with Crippen molar-refractivity contribution in [2.24, 2.45) is 0 Å². The van der Waals surface area contributed by atoms with Crippen LogP contribution in [0.2, 0.25) is 0 Å². The number of alkyl carbamates (subject to hydrolysis) is 1. The number of nitrogens with zero attached hydrogens (tertiary/aromatic N) is 1. The predicted octanol–water partition coefficient (Wildman–Crippen LogP) is 1.26. The summed E-state index contributed by atoms with van der Waals surface area (Å²) >= 11 is 0. The zero-order chi connectivity index (χ0) is 15.1. The quantitative estimate of drug-likeness (QED) is 0.892. The van der Waals surface area contributed by atoms with Crippen molar-refractivity contribution in [3.05, 3.63) is 29.8 Å². The van der Waals surface area contributed by atoms with Gasteiger partial charge in [-0.1, -0.05) is 12.1 Å². The lowest BCUT2D eigenvalue weighted by molar-refractivity contribution is 0.0173. The molecule has 0 radical (unpaired) electrons. The molecule has 0 saturated carbocycles. The molecule has 0 bridgehead atoms. The first kappa shape index (κ1) is 14.3. The van der Waals surface area contributed by atoms with Gasteiger partial charge >= 0.3 is 6.09 Å². The van der Waals surface area contributed by atoms with E-state index in [1.54, 1.807) is 18.2 Å². The van der Waals surface area contributed by atoms with E-state index < -0.39 is 21.7 Å². The van der Waals surface area contributed by atoms with Crippen LogP contribution in [0.4, 0.5) is 4.79 Å². The van der Waals surface area contributed by atoms with E-state index in [9.17, 15) is 13.2 Å². The van der Waals surface area contributed by atoms with Crippen molar-refractivity contribution in [2.45, 2.75) is 30.3 Å². The van der Waals surface area contributed by atoms with E-state index in [4.69, 9.17) is 4.74 Å². The van der Waals surface area contributed by atoms with Crippen LogP contribution in [0.3, 0.4) is 0 Å². The van der Waals surface area contributed by atoms with Gasteiger partial charge in [0.1, 0.15) is 5.60 Å². The van der Waals surface area contributed by atoms with E-state index in [0.29, 0.717) is 37.4 Å². The van der Waals surface area contributed by atoms with Crippen LogP contribution >= 0.6 is 0 Å². The van der Waals surface area contributed by atoms with Crippen LogP contribution in [-0.2, 0) is 14.8 Å². The van der Waals surface area contributed by atoms with Gasteiger partial charge in [-0.3, -0.25) is 0 Å². The molecule has 1 amide bonds. The molecule has 7 heteroatoms. The molecule has 1 aromatic rings. The molecule has 2 aliphatic rings. The summed E-state index contributed by atoms with van der Waals surface area (Å²) in [7, 11) is -3.47. The average Bonchev–Trinajstić information content (AvgIpc) is 2.80. The highest BCUT2D eigenvalue weighted by molar-refractivity contribution is 7.89. The number of amides is 1. The second kappa shape index (κ2) is 4.99. The van der Waals surface area contributed by atoms with Crippen molar-refractivity contribution in [1.29, 1.82) is 0 Å². The van der Waals surface area contributed by atoms with Crippen LogP contribution in [0.25, 0.3) is 0 Å². The van der Waals surface area contributed by atoms with Gasteiger partial charge in [0.25, 0.3) is 0 Å². The van der Waals surface area contributed by atoms with Crippen LogP contribution in [0, 0.1) is 6.92 Å². The number of ether oxygens (including phenoxy) is 1. The maximum Gasteiger partial charge on any atom is 0.407 e. The van der Waals surface area contributed by atoms with Gasteiger partial charge in [0, 0.05) is 25.9 Å². The molecule has 2 fully saturated rings. The fourth-order valence-electron chi connectivity index (χ4n) is 2.84. The number of rotatable bonds is 2. The molecule has 0 aliphatic carbocycles. The van der Waals surface area contributed by atoms with Gasteiger partial charge in [-0.15, -0.1) is 0 Å². The van der Waals surface area contributed by atoms with Gasteiger partial charge < -0.3 is 10.1 Å². The van der Waals surface area contributed by atoms with Gasteiger partial charge in [-0.05, 0) is 24.6 Å². The number of piperidine rings is 1. The van der Waals surface area contributed by atoms with Crippen LogP contribution in [-0.4, -0.2) is 44.1 Å². The highest BCUT2D eigenvalue weighted by atomic mass is 32.2. The predicted molar refractivity (Wildman–Crippen MR) is 76.4 cm³/mol. The molecule has 21 heavy (non-hydrogen) atoms. The Labute approximate surface area is 124 Å². The summed E-state index contributed by atoms with van der Waals surface area (Å²) in [5.74, 6) is 0. The minimum absolute atomic E-state index is 0.319. The normalized spacial score (nSPS) is 22.0. The number of benzene rings is 1. The van der Waals surface area contributed by atoms with Gasteiger partial charge in [-0.2, -0.15) is 4.31 Å². The summed E-state index contributed by atoms with van der Waals surface area (Å²) in [5, 5.41) is 2.64. The van der Waals surface area contributed by atoms with Crippen LogP contribution in [0.1, 0.15) is 18.4 Å². The standard InChI is InChI=1S/C14H18N2O4S/c1-11-3-2-4-12(9-11)21(18,19)16-7-5-14(6-8-16)10-15-13(17)20-14/h2-4,9H,5-8,10H2,1H3,(H,15,17). The Morgan fingerprint density at radius 3 is 2.57 bits per heavy atom. The summed E-state index contributed by atoms with van der Waals surface area (Å²) in [5.41, 5.74) is 0.383. The van der Waals surface area contributed by atoms with Crippen LogP contribution < -0.4 is 5.32 Å². The number of sulfonamides is 1. The minimum atomic E-state index is -3.47. The zero-order valence-corrected chi connectivity index (χ0v) is 12.6. The molecule has 114 valence electrons. The molecule has 3 rings (SSSR count). The minimum Gasteiger partial charge on any atom is -0.441 e. The topological polar surface area (TPSA) is 75.7 Å². The fraction of sp³-hybridized carbons (Fsp3) is 0.500. The van der Waals surface area contributed by atoms with E-state index in [1.165, 1.54) is 4.31 Å². The highest BCUT2D eigenvalue weighted by Crippen LogP contribution is 2.31. The van der Waals surface area contributed by atoms with Gasteiger partial charge in [-0.25, -0.2) is 13.2 Å². The van der Waals surface area contributed by atoms with E-state index >= 15 is 0 Å². The van der Waals surface area contributed by atoms with E-state index in [2.05, 4.69) is 5.32 Å². The number of aryl methyl sites for hydroxylation is 1. The molecular weight excluding hydrogens is 292 g/mol. The largest absolute Gasteiger partial charge is 0.441 e. The lowest BCUT2D eigenvalue weighted by Crippen LogP contribution is -2.48. The van der Waals surface area contributed by atoms with Gasteiger partial charge in [0.15, 0.2) is 0 Å². The zero-order valence-electron chi connectivity index (χ0n) is 11.8. The lowest BCUT2D eigenvalue weighted by atomic mass is 9.93. The van der Waals surface area contributed by atoms with Crippen molar-refractivity contribution in [3.63, 3.8) is 0 Å². The summed E-state index contributed by atoms with van der Waals surface area (Å²) in [4.78, 5) is 11.5. The number of carbonyl (C=O) groups is 1. The van der Waals surface area contributed by atoms with Gasteiger partial charge in [0.2, 0.25) is 10.0 Å². The summed E-state index contributed by atoms with van der Waals surface area (Å²) in [6.45, 7) is 3.06. The Morgan fingerprint density at radius 2 is 2.00 bits per heavy atom. The highest BCUT2D eigenvalue weighted by Gasteiger charge is 2.45. The monoisotopic (exact) mass is 310 g/mol. The van der Waals surface area contributed by atoms with Gasteiger partial charge in [0.05, 0.1) is 11.4 Å². The first-order valence-corrected chi connectivity index (χ1v) is 8.39. The number of carbonyl (C=O) groups excluding carboxylic acids is 1. The molecule has 6 nitrogen and oxygen atoms in total. The molecule has 0 unspecified atom stereocenters. The van der Waals surface area contributed by atoms with E-state index in [0.717, 1.165) is 5.56 Å². The Hall–Kier alpha value is -1.60. The fourth-order valence-corrected chi connectivity index (χ4v) is 4.39. The molecule has 1 spiro atoms. The average molecular weight is 310 g/mol. The smallest absolute Gasteiger partial charge is 0.407 e. The molecule has 2 saturated heterocycles. The van der Waals surface area contributed by atoms with Crippen molar-refractivity contribution in [3.8, 4) is 0 Å². The summed E-state index contributed by atoms with van der Waals surface area (Å²) in [6.07, 6.45) is 0.637. The molecule has 2 heterocycles. The third-order valence-electron chi connectivity index (χ3n) is 4.13. The van der Waals surface area contributed by atoms with Crippen molar-refractivity contribution in [1.82, 2.24) is 9.62 Å². The van der Waals surface area contributed by atoms with Crippen LogP contribution in [0.5, 0.6) is 0 Å². The number of hydrogen-bond donors (Lipinski definition) is 1. The van der Waals surface area contributed by atoms with Crippen molar-refractivity contribution < 1.29 is 17.9 Å². The summed E-state index contributed by atoms with van der Waals surface area (Å²) < 4.78 is 32.0. The summed E-state index contributed by atoms with van der Waals surface area (Å²) in [6, 6.07) is 6.91. The number of nitrogens with one attached hydrogen (secondary N) is 1. The van der Waals surface area contributed by atoms with Crippen LogP contribution in [0.15, 0.2) is 29.2 Å². The Morgan fingerprint density at radius 1 is 1.29 bits per heavy atom. The molecule has 0 aromatic heterocycles. The third kappa shape index (κ3) is 2.63. The third-order valence-corrected chi connectivity index (χ3v) is 6.02. The molecule has 1 aromatic carbocycles. The lowest BCUT2D eigenvalue weighted by Gasteiger charge is -2.36. The van der Waals surface area contributed by atoms with E-state index in [1.807, 2.05) is 13.0 Å². The molecule has 2 aliphatic heterocycles. The number of hydrogen-bond acceptors (Lipinski definition) is 4. The first-order chi connectivity index (χ1) is 9.91. The Kier molecular flexibility index (Phi) is 3.41. The maximum atomic E-state index is 12.6.